The van der Waals surface area contributed by atoms with E-state index in [-0.39, 0.29) is 0 Å². The van der Waals surface area contributed by atoms with Gasteiger partial charge in [-0.1, -0.05) is 13.0 Å². The van der Waals surface area contributed by atoms with Crippen LogP contribution >= 0.6 is 0 Å². The molecule has 5 nitrogen and oxygen atoms in total. The second-order valence-electron chi connectivity index (χ2n) is 4.95. The van der Waals surface area contributed by atoms with Crippen LogP contribution in [0.15, 0.2) is 24.5 Å². The average molecular weight is 267 g/mol. The van der Waals surface area contributed by atoms with E-state index in [4.69, 9.17) is 5.73 Å². The van der Waals surface area contributed by atoms with Gasteiger partial charge in [0.05, 0.1) is 0 Å². The van der Waals surface area contributed by atoms with E-state index in [0.29, 0.717) is 0 Å². The van der Waals surface area contributed by atoms with Crippen LogP contribution in [0, 0.1) is 13.8 Å². The zero-order valence-electron chi connectivity index (χ0n) is 11.9. The summed E-state index contributed by atoms with van der Waals surface area (Å²) < 4.78 is 1.94. The molecular formula is C15H17N5. The molecule has 1 aromatic carbocycles. The van der Waals surface area contributed by atoms with Crippen LogP contribution in [0.5, 0.6) is 0 Å². The molecule has 2 heterocycles. The van der Waals surface area contributed by atoms with Crippen molar-refractivity contribution < 1.29 is 0 Å². The van der Waals surface area contributed by atoms with Gasteiger partial charge < -0.3 is 5.73 Å². The highest BCUT2D eigenvalue weighted by molar-refractivity contribution is 5.68. The van der Waals surface area contributed by atoms with Crippen molar-refractivity contribution in [3.63, 3.8) is 0 Å². The van der Waals surface area contributed by atoms with Crippen molar-refractivity contribution in [1.82, 2.24) is 19.6 Å². The average Bonchev–Trinajstić information content (AvgIpc) is 2.85. The van der Waals surface area contributed by atoms with Crippen molar-refractivity contribution in [2.45, 2.75) is 27.2 Å². The number of anilines is 1. The summed E-state index contributed by atoms with van der Waals surface area (Å²) in [7, 11) is 0. The molecule has 0 saturated carbocycles. The fourth-order valence-electron chi connectivity index (χ4n) is 2.47. The van der Waals surface area contributed by atoms with E-state index in [0.717, 1.165) is 46.0 Å². The summed E-state index contributed by atoms with van der Waals surface area (Å²) in [5.74, 6) is 0.784. The second-order valence-corrected chi connectivity index (χ2v) is 4.95. The number of hydrogen-bond donors (Lipinski definition) is 1. The van der Waals surface area contributed by atoms with Gasteiger partial charge in [-0.15, -0.1) is 10.2 Å². The molecule has 0 spiro atoms. The molecule has 102 valence electrons. The Morgan fingerprint density at radius 3 is 2.75 bits per heavy atom. The standard InChI is InChI=1S/C15H17N5/c1-4-12-10(3)17-8-20-14(12)18-19-15(20)13-7-11(16)6-5-9(13)2/h5-8H,4,16H2,1-3H3. The number of benzene rings is 1. The number of aromatic nitrogens is 4. The fourth-order valence-corrected chi connectivity index (χ4v) is 2.47. The molecule has 2 aromatic heterocycles. The summed E-state index contributed by atoms with van der Waals surface area (Å²) in [5, 5.41) is 8.66. The van der Waals surface area contributed by atoms with Crippen LogP contribution in [0.2, 0.25) is 0 Å². The van der Waals surface area contributed by atoms with Gasteiger partial charge in [-0.2, -0.15) is 0 Å². The highest BCUT2D eigenvalue weighted by Gasteiger charge is 2.14. The summed E-state index contributed by atoms with van der Waals surface area (Å²) in [5.41, 5.74) is 11.7. The number of nitrogen functional groups attached to an aromatic ring is 1. The summed E-state index contributed by atoms with van der Waals surface area (Å²) in [4.78, 5) is 4.44. The molecule has 20 heavy (non-hydrogen) atoms. The molecule has 3 rings (SSSR count). The van der Waals surface area contributed by atoms with Gasteiger partial charge in [0.2, 0.25) is 0 Å². The topological polar surface area (TPSA) is 69.1 Å². The van der Waals surface area contributed by atoms with E-state index in [9.17, 15) is 0 Å². The third kappa shape index (κ3) is 1.82. The number of nitrogens with zero attached hydrogens (tertiary/aromatic N) is 4. The molecule has 0 unspecified atom stereocenters. The molecule has 3 aromatic rings. The summed E-state index contributed by atoms with van der Waals surface area (Å²) in [6, 6.07) is 5.81. The third-order valence-corrected chi connectivity index (χ3v) is 3.63. The third-order valence-electron chi connectivity index (χ3n) is 3.63. The molecule has 2 N–H and O–H groups in total. The first kappa shape index (κ1) is 12.6. The monoisotopic (exact) mass is 267 g/mol. The predicted octanol–water partition coefficient (Wildman–Crippen LogP) is 2.55. The largest absolute Gasteiger partial charge is 0.399 e. The lowest BCUT2D eigenvalue weighted by Crippen LogP contribution is -2.00. The molecular weight excluding hydrogens is 250 g/mol. The lowest BCUT2D eigenvalue weighted by Gasteiger charge is -2.07. The van der Waals surface area contributed by atoms with Crippen molar-refractivity contribution in [3.8, 4) is 11.4 Å². The Balaban J connectivity index is 2.31. The molecule has 5 heteroatoms. The SMILES string of the molecule is CCc1c(C)ncn2c(-c3cc(N)ccc3C)nnc12. The van der Waals surface area contributed by atoms with E-state index in [1.165, 1.54) is 0 Å². The van der Waals surface area contributed by atoms with Gasteiger partial charge in [0.15, 0.2) is 11.5 Å². The molecule has 0 atom stereocenters. The van der Waals surface area contributed by atoms with Gasteiger partial charge in [-0.25, -0.2) is 4.98 Å². The lowest BCUT2D eigenvalue weighted by atomic mass is 10.1. The number of rotatable bonds is 2. The Hall–Kier alpha value is -2.43. The summed E-state index contributed by atoms with van der Waals surface area (Å²) in [6.07, 6.45) is 2.67. The van der Waals surface area contributed by atoms with E-state index in [1.807, 2.05) is 36.4 Å². The molecule has 0 bridgehead atoms. The smallest absolute Gasteiger partial charge is 0.169 e. The fraction of sp³-hybridized carbons (Fsp3) is 0.267. The maximum atomic E-state index is 5.88. The Kier molecular flexibility index (Phi) is 2.89. The molecule has 0 saturated heterocycles. The van der Waals surface area contributed by atoms with Crippen LogP contribution in [0.4, 0.5) is 5.69 Å². The zero-order valence-corrected chi connectivity index (χ0v) is 11.9. The number of nitrogens with two attached hydrogens (primary N) is 1. The van der Waals surface area contributed by atoms with Crippen LogP contribution < -0.4 is 5.73 Å². The quantitative estimate of drug-likeness (QED) is 0.724. The first-order valence-electron chi connectivity index (χ1n) is 6.67. The molecule has 0 aliphatic carbocycles. The maximum Gasteiger partial charge on any atom is 0.169 e. The van der Waals surface area contributed by atoms with Crippen LogP contribution in [0.25, 0.3) is 17.0 Å². The van der Waals surface area contributed by atoms with Gasteiger partial charge in [0.1, 0.15) is 6.33 Å². The Morgan fingerprint density at radius 2 is 2.00 bits per heavy atom. The first-order valence-corrected chi connectivity index (χ1v) is 6.67. The predicted molar refractivity (Wildman–Crippen MR) is 79.5 cm³/mol. The molecule has 0 aliphatic rings. The summed E-state index contributed by atoms with van der Waals surface area (Å²) >= 11 is 0. The van der Waals surface area contributed by atoms with Gasteiger partial charge in [-0.05, 0) is 38.0 Å². The minimum atomic E-state index is 0.720. The van der Waals surface area contributed by atoms with Gasteiger partial charge >= 0.3 is 0 Å². The van der Waals surface area contributed by atoms with Crippen LogP contribution in [0.3, 0.4) is 0 Å². The van der Waals surface area contributed by atoms with Gasteiger partial charge in [0.25, 0.3) is 0 Å². The van der Waals surface area contributed by atoms with Gasteiger partial charge in [0, 0.05) is 22.5 Å². The Morgan fingerprint density at radius 1 is 1.20 bits per heavy atom. The van der Waals surface area contributed by atoms with Crippen molar-refractivity contribution in [3.05, 3.63) is 41.3 Å². The Bertz CT molecular complexity index is 788. The maximum absolute atomic E-state index is 5.88. The van der Waals surface area contributed by atoms with Crippen molar-refractivity contribution in [2.24, 2.45) is 0 Å². The molecule has 0 aliphatic heterocycles. The van der Waals surface area contributed by atoms with E-state index >= 15 is 0 Å². The van der Waals surface area contributed by atoms with Crippen molar-refractivity contribution >= 4 is 11.3 Å². The molecule has 0 amide bonds. The number of aryl methyl sites for hydroxylation is 3. The lowest BCUT2D eigenvalue weighted by molar-refractivity contribution is 0.978. The van der Waals surface area contributed by atoms with Crippen LogP contribution in [-0.4, -0.2) is 19.6 Å². The minimum Gasteiger partial charge on any atom is -0.399 e. The van der Waals surface area contributed by atoms with Gasteiger partial charge in [-0.3, -0.25) is 4.40 Å². The molecule has 0 radical (unpaired) electrons. The Labute approximate surface area is 117 Å². The first-order chi connectivity index (χ1) is 9.61. The van der Waals surface area contributed by atoms with Crippen LogP contribution in [0.1, 0.15) is 23.7 Å². The summed E-state index contributed by atoms with van der Waals surface area (Å²) in [6.45, 7) is 6.14. The number of hydrogen-bond acceptors (Lipinski definition) is 4. The zero-order chi connectivity index (χ0) is 14.3. The van der Waals surface area contributed by atoms with Crippen molar-refractivity contribution in [2.75, 3.05) is 5.73 Å². The van der Waals surface area contributed by atoms with E-state index < -0.39 is 0 Å². The highest BCUT2D eigenvalue weighted by Crippen LogP contribution is 2.25. The van der Waals surface area contributed by atoms with E-state index in [1.54, 1.807) is 6.33 Å². The second kappa shape index (κ2) is 4.59. The highest BCUT2D eigenvalue weighted by atomic mass is 15.3. The van der Waals surface area contributed by atoms with Crippen LogP contribution in [-0.2, 0) is 6.42 Å². The number of fused-ring (bicyclic) bond motifs is 1. The minimum absolute atomic E-state index is 0.720. The van der Waals surface area contributed by atoms with Crippen molar-refractivity contribution in [1.29, 1.82) is 0 Å². The normalized spacial score (nSPS) is 11.2. The molecule has 0 fully saturated rings. The van der Waals surface area contributed by atoms with E-state index in [2.05, 4.69) is 22.1 Å².